The molecule has 2 rings (SSSR count). The molecule has 3 nitrogen and oxygen atoms in total. The van der Waals surface area contributed by atoms with Crippen LogP contribution in [0.4, 0.5) is 5.69 Å². The normalized spacial score (nSPS) is 18.7. The largest absolute Gasteiger partial charge is 0.325 e. The van der Waals surface area contributed by atoms with Crippen molar-refractivity contribution in [1.82, 2.24) is 4.98 Å². The van der Waals surface area contributed by atoms with Gasteiger partial charge in [0.15, 0.2) is 0 Å². The molecule has 16 heavy (non-hydrogen) atoms. The first kappa shape index (κ1) is 11.1. The Morgan fingerprint density at radius 3 is 3.19 bits per heavy atom. The highest BCUT2D eigenvalue weighted by Crippen LogP contribution is 2.23. The smallest absolute Gasteiger partial charge is 0.225 e. The number of halogens is 1. The van der Waals surface area contributed by atoms with Crippen molar-refractivity contribution in [3.8, 4) is 0 Å². The van der Waals surface area contributed by atoms with Crippen LogP contribution in [0.5, 0.6) is 0 Å². The molecule has 0 radical (unpaired) electrons. The molecule has 0 saturated heterocycles. The summed E-state index contributed by atoms with van der Waals surface area (Å²) in [6.07, 6.45) is 10.0. The van der Waals surface area contributed by atoms with Crippen LogP contribution in [0, 0.1) is 5.92 Å². The van der Waals surface area contributed by atoms with Gasteiger partial charge in [-0.25, -0.2) is 0 Å². The Morgan fingerprint density at radius 2 is 2.50 bits per heavy atom. The van der Waals surface area contributed by atoms with Gasteiger partial charge in [0.05, 0.1) is 10.7 Å². The number of anilines is 1. The Hall–Kier alpha value is -1.35. The van der Waals surface area contributed by atoms with Crippen LogP contribution in [0.25, 0.3) is 0 Å². The molecule has 1 aromatic heterocycles. The zero-order chi connectivity index (χ0) is 11.4. The van der Waals surface area contributed by atoms with Crippen molar-refractivity contribution in [1.29, 1.82) is 0 Å². The zero-order valence-corrected chi connectivity index (χ0v) is 9.57. The Labute approximate surface area is 99.5 Å². The number of allylic oxidation sites excluding steroid dienone is 2. The Balaban J connectivity index is 1.92. The summed E-state index contributed by atoms with van der Waals surface area (Å²) in [6, 6.07) is 1.70. The van der Waals surface area contributed by atoms with Gasteiger partial charge in [-0.15, -0.1) is 0 Å². The van der Waals surface area contributed by atoms with E-state index in [-0.39, 0.29) is 5.91 Å². The van der Waals surface area contributed by atoms with Crippen molar-refractivity contribution < 1.29 is 4.79 Å². The quantitative estimate of drug-likeness (QED) is 0.820. The van der Waals surface area contributed by atoms with Crippen LogP contribution in [-0.2, 0) is 4.79 Å². The molecule has 0 bridgehead atoms. The predicted molar refractivity (Wildman–Crippen MR) is 64.4 cm³/mol. The first-order valence-corrected chi connectivity index (χ1v) is 5.69. The summed E-state index contributed by atoms with van der Waals surface area (Å²) >= 11 is 5.89. The molecule has 1 unspecified atom stereocenters. The molecule has 0 saturated carbocycles. The number of carbonyl (C=O) groups excluding carboxylic acids is 1. The van der Waals surface area contributed by atoms with Crippen molar-refractivity contribution in [2.24, 2.45) is 5.92 Å². The average molecular weight is 237 g/mol. The van der Waals surface area contributed by atoms with Gasteiger partial charge < -0.3 is 5.32 Å². The second-order valence-corrected chi connectivity index (χ2v) is 4.28. The van der Waals surface area contributed by atoms with Crippen molar-refractivity contribution >= 4 is 23.2 Å². The number of rotatable bonds is 3. The monoisotopic (exact) mass is 236 g/mol. The summed E-state index contributed by atoms with van der Waals surface area (Å²) in [7, 11) is 0. The molecule has 0 fully saturated rings. The summed E-state index contributed by atoms with van der Waals surface area (Å²) < 4.78 is 0. The Morgan fingerprint density at radius 1 is 1.62 bits per heavy atom. The number of pyridine rings is 1. The number of hydrogen-bond donors (Lipinski definition) is 1. The summed E-state index contributed by atoms with van der Waals surface area (Å²) in [6.45, 7) is 0. The van der Waals surface area contributed by atoms with Gasteiger partial charge in [-0.3, -0.25) is 9.78 Å². The molecule has 1 aromatic rings. The van der Waals surface area contributed by atoms with E-state index in [2.05, 4.69) is 22.5 Å². The lowest BCUT2D eigenvalue weighted by molar-refractivity contribution is -0.116. The number of amides is 1. The van der Waals surface area contributed by atoms with Gasteiger partial charge in [0.1, 0.15) is 0 Å². The molecule has 1 heterocycles. The fourth-order valence-electron chi connectivity index (χ4n) is 1.78. The van der Waals surface area contributed by atoms with E-state index in [1.54, 1.807) is 12.3 Å². The third-order valence-corrected chi connectivity index (χ3v) is 2.91. The minimum absolute atomic E-state index is 0.00431. The van der Waals surface area contributed by atoms with Crippen LogP contribution in [-0.4, -0.2) is 10.9 Å². The molecule has 1 atom stereocenters. The van der Waals surface area contributed by atoms with Crippen LogP contribution in [0.15, 0.2) is 30.6 Å². The van der Waals surface area contributed by atoms with E-state index in [1.165, 1.54) is 6.20 Å². The van der Waals surface area contributed by atoms with E-state index in [9.17, 15) is 4.79 Å². The van der Waals surface area contributed by atoms with Gasteiger partial charge in [-0.05, 0) is 24.8 Å². The van der Waals surface area contributed by atoms with Gasteiger partial charge in [0.25, 0.3) is 0 Å². The second-order valence-electron chi connectivity index (χ2n) is 3.87. The standard InChI is InChI=1S/C12H13ClN2O/c13-10-8-14-6-5-11(10)15-12(16)7-9-3-1-2-4-9/h1,3,5-6,8-9H,2,4,7H2,(H,14,15,16). The predicted octanol–water partition coefficient (Wildman–Crippen LogP) is 3.03. The summed E-state index contributed by atoms with van der Waals surface area (Å²) in [4.78, 5) is 15.6. The highest BCUT2D eigenvalue weighted by molar-refractivity contribution is 6.33. The van der Waals surface area contributed by atoms with E-state index < -0.39 is 0 Å². The fraction of sp³-hybridized carbons (Fsp3) is 0.333. The number of hydrogen-bond acceptors (Lipinski definition) is 2. The molecule has 0 spiro atoms. The minimum atomic E-state index is 0.00431. The van der Waals surface area contributed by atoms with Crippen LogP contribution in [0.2, 0.25) is 5.02 Å². The van der Waals surface area contributed by atoms with E-state index in [0.29, 0.717) is 23.0 Å². The highest BCUT2D eigenvalue weighted by atomic mass is 35.5. The van der Waals surface area contributed by atoms with E-state index in [4.69, 9.17) is 11.6 Å². The molecular formula is C12H13ClN2O. The lowest BCUT2D eigenvalue weighted by Gasteiger charge is -2.09. The van der Waals surface area contributed by atoms with Crippen molar-refractivity contribution in [2.75, 3.05) is 5.32 Å². The molecule has 1 N–H and O–H groups in total. The Kier molecular flexibility index (Phi) is 3.57. The van der Waals surface area contributed by atoms with Crippen molar-refractivity contribution in [2.45, 2.75) is 19.3 Å². The van der Waals surface area contributed by atoms with Gasteiger partial charge in [0.2, 0.25) is 5.91 Å². The summed E-state index contributed by atoms with van der Waals surface area (Å²) in [5.41, 5.74) is 0.628. The van der Waals surface area contributed by atoms with Gasteiger partial charge in [0, 0.05) is 18.8 Å². The summed E-state index contributed by atoms with van der Waals surface area (Å²) in [5, 5.41) is 3.26. The highest BCUT2D eigenvalue weighted by Gasteiger charge is 2.14. The fourth-order valence-corrected chi connectivity index (χ4v) is 1.95. The first-order valence-electron chi connectivity index (χ1n) is 5.32. The maximum absolute atomic E-state index is 11.7. The number of nitrogens with one attached hydrogen (secondary N) is 1. The maximum atomic E-state index is 11.7. The number of carbonyl (C=O) groups is 1. The first-order chi connectivity index (χ1) is 7.75. The topological polar surface area (TPSA) is 42.0 Å². The Bertz CT molecular complexity index is 417. The zero-order valence-electron chi connectivity index (χ0n) is 8.82. The second kappa shape index (κ2) is 5.12. The van der Waals surface area contributed by atoms with Crippen LogP contribution in [0.3, 0.4) is 0 Å². The third-order valence-electron chi connectivity index (χ3n) is 2.61. The lowest BCUT2D eigenvalue weighted by atomic mass is 10.1. The molecule has 0 aliphatic heterocycles. The van der Waals surface area contributed by atoms with Gasteiger partial charge in [-0.1, -0.05) is 23.8 Å². The molecule has 84 valence electrons. The molecule has 1 amide bonds. The molecule has 0 aromatic carbocycles. The SMILES string of the molecule is O=C(CC1C=CCC1)Nc1ccncc1Cl. The lowest BCUT2D eigenvalue weighted by Crippen LogP contribution is -2.15. The van der Waals surface area contributed by atoms with Gasteiger partial charge >= 0.3 is 0 Å². The minimum Gasteiger partial charge on any atom is -0.325 e. The maximum Gasteiger partial charge on any atom is 0.225 e. The van der Waals surface area contributed by atoms with E-state index in [0.717, 1.165) is 12.8 Å². The van der Waals surface area contributed by atoms with Gasteiger partial charge in [-0.2, -0.15) is 0 Å². The van der Waals surface area contributed by atoms with Crippen LogP contribution in [0.1, 0.15) is 19.3 Å². The third kappa shape index (κ3) is 2.83. The van der Waals surface area contributed by atoms with E-state index >= 15 is 0 Å². The number of nitrogens with zero attached hydrogens (tertiary/aromatic N) is 1. The number of aromatic nitrogens is 1. The molecule has 1 aliphatic carbocycles. The molecule has 4 heteroatoms. The molecular weight excluding hydrogens is 224 g/mol. The summed E-state index contributed by atoms with van der Waals surface area (Å²) in [5.74, 6) is 0.380. The van der Waals surface area contributed by atoms with Crippen LogP contribution < -0.4 is 5.32 Å². The van der Waals surface area contributed by atoms with Crippen molar-refractivity contribution in [3.05, 3.63) is 35.6 Å². The van der Waals surface area contributed by atoms with Crippen LogP contribution >= 0.6 is 11.6 Å². The van der Waals surface area contributed by atoms with E-state index in [1.807, 2.05) is 0 Å². The van der Waals surface area contributed by atoms with Crippen molar-refractivity contribution in [3.63, 3.8) is 0 Å². The average Bonchev–Trinajstić information content (AvgIpc) is 2.74. The molecule has 1 aliphatic rings.